The van der Waals surface area contributed by atoms with Crippen molar-refractivity contribution in [2.45, 2.75) is 33.6 Å². The number of allylic oxidation sites excluding steroid dienone is 1. The van der Waals surface area contributed by atoms with Crippen molar-refractivity contribution in [2.75, 3.05) is 13.1 Å². The lowest BCUT2D eigenvalue weighted by Gasteiger charge is -2.05. The van der Waals surface area contributed by atoms with E-state index in [0.29, 0.717) is 0 Å². The van der Waals surface area contributed by atoms with Crippen LogP contribution in [0.25, 0.3) is 0 Å². The highest BCUT2D eigenvalue weighted by atomic mass is 32.1. The first-order valence-corrected chi connectivity index (χ1v) is 7.00. The molecule has 0 atom stereocenters. The van der Waals surface area contributed by atoms with Gasteiger partial charge in [0, 0.05) is 0 Å². The number of thiophene rings is 1. The molecule has 0 saturated carbocycles. The van der Waals surface area contributed by atoms with E-state index in [2.05, 4.69) is 49.0 Å². The van der Waals surface area contributed by atoms with Crippen molar-refractivity contribution < 1.29 is 0 Å². The van der Waals surface area contributed by atoms with Crippen LogP contribution in [0.3, 0.4) is 0 Å². The average Bonchev–Trinajstić information content (AvgIpc) is 2.69. The minimum absolute atomic E-state index is 0.746. The van der Waals surface area contributed by atoms with Gasteiger partial charge in [-0.15, -0.1) is 0 Å². The molecule has 1 aromatic rings. The summed E-state index contributed by atoms with van der Waals surface area (Å²) in [4.78, 5) is 0. The fourth-order valence-electron chi connectivity index (χ4n) is 1.60. The van der Waals surface area contributed by atoms with Crippen molar-refractivity contribution in [1.29, 1.82) is 0 Å². The fourth-order valence-corrected chi connectivity index (χ4v) is 2.27. The molecule has 0 radical (unpaired) electrons. The quantitative estimate of drug-likeness (QED) is 0.560. The number of hydrogen-bond donors (Lipinski definition) is 1. The Morgan fingerprint density at radius 2 is 2.31 bits per heavy atom. The SMILES string of the molecule is CC(=CCCNCC(C)C)Cc1ccsc1. The normalized spacial score (nSPS) is 12.4. The Balaban J connectivity index is 2.14. The minimum Gasteiger partial charge on any atom is -0.316 e. The molecule has 1 nitrogen and oxygen atoms in total. The van der Waals surface area contributed by atoms with Gasteiger partial charge in [0.2, 0.25) is 0 Å². The molecule has 0 bridgehead atoms. The largest absolute Gasteiger partial charge is 0.316 e. The van der Waals surface area contributed by atoms with E-state index in [4.69, 9.17) is 0 Å². The molecule has 0 aromatic carbocycles. The second-order valence-corrected chi connectivity index (χ2v) is 5.53. The monoisotopic (exact) mass is 237 g/mol. The maximum Gasteiger partial charge on any atom is -0.00141 e. The lowest BCUT2D eigenvalue weighted by Crippen LogP contribution is -2.20. The molecule has 2 heteroatoms. The predicted octanol–water partition coefficient (Wildman–Crippen LogP) is 3.87. The van der Waals surface area contributed by atoms with Crippen LogP contribution in [-0.2, 0) is 6.42 Å². The lowest BCUT2D eigenvalue weighted by molar-refractivity contribution is 0.556. The van der Waals surface area contributed by atoms with E-state index in [0.717, 1.165) is 31.8 Å². The van der Waals surface area contributed by atoms with Crippen molar-refractivity contribution in [1.82, 2.24) is 5.32 Å². The molecule has 0 unspecified atom stereocenters. The highest BCUT2D eigenvalue weighted by molar-refractivity contribution is 7.07. The van der Waals surface area contributed by atoms with Crippen LogP contribution in [0.2, 0.25) is 0 Å². The summed E-state index contributed by atoms with van der Waals surface area (Å²) in [5, 5.41) is 7.83. The van der Waals surface area contributed by atoms with Crippen LogP contribution in [0.1, 0.15) is 32.8 Å². The van der Waals surface area contributed by atoms with Gasteiger partial charge < -0.3 is 5.32 Å². The van der Waals surface area contributed by atoms with Crippen molar-refractivity contribution in [3.8, 4) is 0 Å². The van der Waals surface area contributed by atoms with E-state index in [1.54, 1.807) is 11.3 Å². The summed E-state index contributed by atoms with van der Waals surface area (Å²) in [5.74, 6) is 0.746. The van der Waals surface area contributed by atoms with Gasteiger partial charge in [-0.1, -0.05) is 25.5 Å². The van der Waals surface area contributed by atoms with Crippen LogP contribution < -0.4 is 5.32 Å². The molecule has 16 heavy (non-hydrogen) atoms. The summed E-state index contributed by atoms with van der Waals surface area (Å²) in [7, 11) is 0. The summed E-state index contributed by atoms with van der Waals surface area (Å²) in [6, 6.07) is 2.21. The number of hydrogen-bond acceptors (Lipinski definition) is 2. The summed E-state index contributed by atoms with van der Waals surface area (Å²) in [5.41, 5.74) is 2.92. The van der Waals surface area contributed by atoms with Gasteiger partial charge in [0.15, 0.2) is 0 Å². The molecule has 0 amide bonds. The third-order valence-electron chi connectivity index (χ3n) is 2.43. The van der Waals surface area contributed by atoms with Crippen molar-refractivity contribution in [2.24, 2.45) is 5.92 Å². The number of nitrogens with one attached hydrogen (secondary N) is 1. The molecule has 0 spiro atoms. The highest BCUT2D eigenvalue weighted by Gasteiger charge is 1.95. The van der Waals surface area contributed by atoms with Crippen LogP contribution in [-0.4, -0.2) is 13.1 Å². The molecular weight excluding hydrogens is 214 g/mol. The second-order valence-electron chi connectivity index (χ2n) is 4.75. The van der Waals surface area contributed by atoms with E-state index in [9.17, 15) is 0 Å². The zero-order chi connectivity index (χ0) is 11.8. The zero-order valence-electron chi connectivity index (χ0n) is 10.6. The maximum atomic E-state index is 3.46. The second kappa shape index (κ2) is 7.64. The molecule has 0 aliphatic carbocycles. The highest BCUT2D eigenvalue weighted by Crippen LogP contribution is 2.11. The molecule has 0 fully saturated rings. The molecule has 1 N–H and O–H groups in total. The van der Waals surface area contributed by atoms with Crippen LogP contribution in [0, 0.1) is 5.92 Å². The Labute approximate surface area is 104 Å². The van der Waals surface area contributed by atoms with Crippen LogP contribution in [0.15, 0.2) is 28.5 Å². The van der Waals surface area contributed by atoms with E-state index in [-0.39, 0.29) is 0 Å². The van der Waals surface area contributed by atoms with Gasteiger partial charge in [-0.2, -0.15) is 11.3 Å². The predicted molar refractivity (Wildman–Crippen MR) is 74.1 cm³/mol. The molecule has 1 heterocycles. The first-order chi connectivity index (χ1) is 7.68. The van der Waals surface area contributed by atoms with Gasteiger partial charge in [-0.3, -0.25) is 0 Å². The summed E-state index contributed by atoms with van der Waals surface area (Å²) < 4.78 is 0. The maximum absolute atomic E-state index is 3.46. The van der Waals surface area contributed by atoms with Crippen LogP contribution >= 0.6 is 11.3 Å². The minimum atomic E-state index is 0.746. The van der Waals surface area contributed by atoms with Gasteiger partial charge in [-0.25, -0.2) is 0 Å². The smallest absolute Gasteiger partial charge is 0.00141 e. The Kier molecular flexibility index (Phi) is 6.43. The van der Waals surface area contributed by atoms with Crippen molar-refractivity contribution in [3.05, 3.63) is 34.0 Å². The van der Waals surface area contributed by atoms with E-state index in [1.165, 1.54) is 11.1 Å². The first kappa shape index (κ1) is 13.5. The Bertz CT molecular complexity index is 299. The van der Waals surface area contributed by atoms with E-state index >= 15 is 0 Å². The summed E-state index contributed by atoms with van der Waals surface area (Å²) >= 11 is 1.78. The topological polar surface area (TPSA) is 12.0 Å². The average molecular weight is 237 g/mol. The van der Waals surface area contributed by atoms with Crippen LogP contribution in [0.4, 0.5) is 0 Å². The fraction of sp³-hybridized carbons (Fsp3) is 0.571. The van der Waals surface area contributed by atoms with E-state index < -0.39 is 0 Å². The first-order valence-electron chi connectivity index (χ1n) is 6.06. The van der Waals surface area contributed by atoms with Gasteiger partial charge in [0.1, 0.15) is 0 Å². The van der Waals surface area contributed by atoms with Gasteiger partial charge in [0.05, 0.1) is 0 Å². The molecule has 0 saturated heterocycles. The Morgan fingerprint density at radius 1 is 1.50 bits per heavy atom. The molecule has 1 rings (SSSR count). The van der Waals surface area contributed by atoms with Gasteiger partial charge in [0.25, 0.3) is 0 Å². The summed E-state index contributed by atoms with van der Waals surface area (Å²) in [6.07, 6.45) is 4.60. The lowest BCUT2D eigenvalue weighted by atomic mass is 10.1. The molecule has 0 aliphatic rings. The standard InChI is InChI=1S/C14H23NS/c1-12(2)10-15-7-4-5-13(3)9-14-6-8-16-11-14/h5-6,8,11-12,15H,4,7,9-10H2,1-3H3. The van der Waals surface area contributed by atoms with Crippen molar-refractivity contribution >= 4 is 11.3 Å². The summed E-state index contributed by atoms with van der Waals surface area (Å²) in [6.45, 7) is 8.92. The molecular formula is C14H23NS. The Hall–Kier alpha value is -0.600. The van der Waals surface area contributed by atoms with Gasteiger partial charge >= 0.3 is 0 Å². The zero-order valence-corrected chi connectivity index (χ0v) is 11.4. The third-order valence-corrected chi connectivity index (χ3v) is 3.16. The van der Waals surface area contributed by atoms with Crippen LogP contribution in [0.5, 0.6) is 0 Å². The van der Waals surface area contributed by atoms with Crippen molar-refractivity contribution in [3.63, 3.8) is 0 Å². The number of rotatable bonds is 7. The molecule has 0 aliphatic heterocycles. The molecule has 90 valence electrons. The van der Waals surface area contributed by atoms with Gasteiger partial charge in [-0.05, 0) is 61.2 Å². The van der Waals surface area contributed by atoms with E-state index in [1.807, 2.05) is 0 Å². The Morgan fingerprint density at radius 3 is 2.94 bits per heavy atom. The third kappa shape index (κ3) is 6.09. The molecule has 1 aromatic heterocycles.